The molecule has 3 aromatic rings. The Morgan fingerprint density at radius 1 is 1.33 bits per heavy atom. The Balaban J connectivity index is 1.29. The van der Waals surface area contributed by atoms with Gasteiger partial charge in [0.15, 0.2) is 5.82 Å². The Bertz CT molecular complexity index is 861. The summed E-state index contributed by atoms with van der Waals surface area (Å²) in [5, 5.41) is 10.1. The van der Waals surface area contributed by atoms with Gasteiger partial charge in [0.2, 0.25) is 5.91 Å². The zero-order chi connectivity index (χ0) is 18.5. The SMILES string of the molecule is O=C(NCc1nc(-c2ccncc2)n[nH]1)[C@@H]1CCCN(Cc2ccco2)C1. The van der Waals surface area contributed by atoms with Gasteiger partial charge in [-0.3, -0.25) is 19.8 Å². The molecule has 140 valence electrons. The van der Waals surface area contributed by atoms with Crippen LogP contribution < -0.4 is 5.32 Å². The molecule has 0 aromatic carbocycles. The molecule has 4 heterocycles. The second kappa shape index (κ2) is 8.13. The van der Waals surface area contributed by atoms with E-state index in [1.165, 1.54) is 0 Å². The second-order valence-corrected chi connectivity index (χ2v) is 6.71. The summed E-state index contributed by atoms with van der Waals surface area (Å²) in [5.41, 5.74) is 0.889. The van der Waals surface area contributed by atoms with Gasteiger partial charge in [0.05, 0.1) is 25.3 Å². The number of furan rings is 1. The number of hydrogen-bond donors (Lipinski definition) is 2. The maximum Gasteiger partial charge on any atom is 0.224 e. The van der Waals surface area contributed by atoms with Crippen molar-refractivity contribution in [3.05, 3.63) is 54.5 Å². The molecule has 2 N–H and O–H groups in total. The highest BCUT2D eigenvalue weighted by atomic mass is 16.3. The van der Waals surface area contributed by atoms with E-state index in [0.29, 0.717) is 18.2 Å². The molecular formula is C19H22N6O2. The molecule has 1 aliphatic rings. The first-order valence-electron chi connectivity index (χ1n) is 9.12. The quantitative estimate of drug-likeness (QED) is 0.692. The molecule has 1 aliphatic heterocycles. The van der Waals surface area contributed by atoms with Gasteiger partial charge >= 0.3 is 0 Å². The van der Waals surface area contributed by atoms with Crippen molar-refractivity contribution in [2.24, 2.45) is 5.92 Å². The third-order valence-electron chi connectivity index (χ3n) is 4.74. The molecule has 0 spiro atoms. The van der Waals surface area contributed by atoms with E-state index in [1.807, 2.05) is 24.3 Å². The number of nitrogens with zero attached hydrogens (tertiary/aromatic N) is 4. The molecule has 27 heavy (non-hydrogen) atoms. The van der Waals surface area contributed by atoms with Gasteiger partial charge in [0, 0.05) is 24.5 Å². The summed E-state index contributed by atoms with van der Waals surface area (Å²) >= 11 is 0. The fourth-order valence-corrected chi connectivity index (χ4v) is 3.36. The van der Waals surface area contributed by atoms with Crippen LogP contribution in [0.4, 0.5) is 0 Å². The molecule has 0 unspecified atom stereocenters. The van der Waals surface area contributed by atoms with Crippen LogP contribution in [-0.2, 0) is 17.9 Å². The van der Waals surface area contributed by atoms with Gasteiger partial charge in [0.25, 0.3) is 0 Å². The molecule has 0 saturated carbocycles. The smallest absolute Gasteiger partial charge is 0.224 e. The van der Waals surface area contributed by atoms with Crippen molar-refractivity contribution >= 4 is 5.91 Å². The molecule has 1 amide bonds. The number of H-pyrrole nitrogens is 1. The van der Waals surface area contributed by atoms with Crippen molar-refractivity contribution in [2.45, 2.75) is 25.9 Å². The molecule has 8 heteroatoms. The number of rotatable bonds is 6. The number of carbonyl (C=O) groups excluding carboxylic acids is 1. The van der Waals surface area contributed by atoms with Crippen LogP contribution in [-0.4, -0.2) is 44.1 Å². The molecule has 1 saturated heterocycles. The summed E-state index contributed by atoms with van der Waals surface area (Å²) < 4.78 is 5.41. The van der Waals surface area contributed by atoms with Crippen LogP contribution in [0.25, 0.3) is 11.4 Å². The molecule has 0 radical (unpaired) electrons. The van der Waals surface area contributed by atoms with Gasteiger partial charge in [-0.1, -0.05) is 0 Å². The normalized spacial score (nSPS) is 17.7. The monoisotopic (exact) mass is 366 g/mol. The number of aromatic amines is 1. The lowest BCUT2D eigenvalue weighted by Gasteiger charge is -2.31. The lowest BCUT2D eigenvalue weighted by molar-refractivity contribution is -0.127. The Labute approximate surface area is 157 Å². The highest BCUT2D eigenvalue weighted by Gasteiger charge is 2.26. The average molecular weight is 366 g/mol. The zero-order valence-corrected chi connectivity index (χ0v) is 15.0. The van der Waals surface area contributed by atoms with E-state index in [2.05, 4.69) is 30.4 Å². The van der Waals surface area contributed by atoms with Crippen molar-refractivity contribution in [1.29, 1.82) is 0 Å². The zero-order valence-electron chi connectivity index (χ0n) is 15.0. The van der Waals surface area contributed by atoms with E-state index in [1.54, 1.807) is 18.7 Å². The first kappa shape index (κ1) is 17.4. The van der Waals surface area contributed by atoms with Crippen LogP contribution in [0, 0.1) is 5.92 Å². The standard InChI is InChI=1S/C19H22N6O2/c26-19(15-3-1-9-25(12-15)13-16-4-2-10-27-16)21-11-17-22-18(24-23-17)14-5-7-20-8-6-14/h2,4-8,10,15H,1,3,9,11-13H2,(H,21,26)(H,22,23,24)/t15-/m1/s1. The fraction of sp³-hybridized carbons (Fsp3) is 0.368. The first-order chi connectivity index (χ1) is 13.3. The van der Waals surface area contributed by atoms with E-state index in [-0.39, 0.29) is 11.8 Å². The van der Waals surface area contributed by atoms with Crippen molar-refractivity contribution in [2.75, 3.05) is 13.1 Å². The van der Waals surface area contributed by atoms with Gasteiger partial charge in [-0.25, -0.2) is 4.98 Å². The van der Waals surface area contributed by atoms with Crippen LogP contribution in [0.2, 0.25) is 0 Å². The summed E-state index contributed by atoms with van der Waals surface area (Å²) in [6.45, 7) is 2.81. The number of carbonyl (C=O) groups is 1. The fourth-order valence-electron chi connectivity index (χ4n) is 3.36. The van der Waals surface area contributed by atoms with Crippen molar-refractivity contribution in [3.8, 4) is 11.4 Å². The summed E-state index contributed by atoms with van der Waals surface area (Å²) in [6.07, 6.45) is 6.99. The molecule has 8 nitrogen and oxygen atoms in total. The third kappa shape index (κ3) is 4.40. The van der Waals surface area contributed by atoms with E-state index >= 15 is 0 Å². The maximum atomic E-state index is 12.6. The second-order valence-electron chi connectivity index (χ2n) is 6.71. The Morgan fingerprint density at radius 2 is 2.22 bits per heavy atom. The van der Waals surface area contributed by atoms with Crippen molar-refractivity contribution in [3.63, 3.8) is 0 Å². The number of likely N-dealkylation sites (tertiary alicyclic amines) is 1. The van der Waals surface area contributed by atoms with Crippen LogP contribution in [0.3, 0.4) is 0 Å². The van der Waals surface area contributed by atoms with Crippen molar-refractivity contribution < 1.29 is 9.21 Å². The number of hydrogen-bond acceptors (Lipinski definition) is 6. The maximum absolute atomic E-state index is 12.6. The predicted molar refractivity (Wildman–Crippen MR) is 98.2 cm³/mol. The highest BCUT2D eigenvalue weighted by Crippen LogP contribution is 2.19. The van der Waals surface area contributed by atoms with E-state index in [9.17, 15) is 4.79 Å². The van der Waals surface area contributed by atoms with Gasteiger partial charge in [-0.15, -0.1) is 0 Å². The van der Waals surface area contributed by atoms with Gasteiger partial charge in [-0.2, -0.15) is 5.10 Å². The predicted octanol–water partition coefficient (Wildman–Crippen LogP) is 1.99. The summed E-state index contributed by atoms with van der Waals surface area (Å²) in [7, 11) is 0. The Kier molecular flexibility index (Phi) is 5.24. The minimum atomic E-state index is -0.0173. The molecule has 1 atom stereocenters. The average Bonchev–Trinajstić information content (AvgIpc) is 3.39. The summed E-state index contributed by atoms with van der Waals surface area (Å²) in [6, 6.07) is 7.55. The van der Waals surface area contributed by atoms with E-state index in [0.717, 1.165) is 43.8 Å². The molecule has 4 rings (SSSR count). The molecular weight excluding hydrogens is 344 g/mol. The largest absolute Gasteiger partial charge is 0.468 e. The molecule has 3 aromatic heterocycles. The summed E-state index contributed by atoms with van der Waals surface area (Å²) in [5.74, 6) is 2.21. The lowest BCUT2D eigenvalue weighted by Crippen LogP contribution is -2.42. The van der Waals surface area contributed by atoms with Gasteiger partial charge in [-0.05, 0) is 43.7 Å². The number of pyridine rings is 1. The third-order valence-corrected chi connectivity index (χ3v) is 4.74. The van der Waals surface area contributed by atoms with Crippen LogP contribution in [0.5, 0.6) is 0 Å². The van der Waals surface area contributed by atoms with E-state index < -0.39 is 0 Å². The first-order valence-corrected chi connectivity index (χ1v) is 9.12. The van der Waals surface area contributed by atoms with Gasteiger partial charge < -0.3 is 9.73 Å². The summed E-state index contributed by atoms with van der Waals surface area (Å²) in [4.78, 5) is 23.2. The molecule has 1 fully saturated rings. The topological polar surface area (TPSA) is 99.9 Å². The number of nitrogens with one attached hydrogen (secondary N) is 2. The highest BCUT2D eigenvalue weighted by molar-refractivity contribution is 5.78. The lowest BCUT2D eigenvalue weighted by atomic mass is 9.97. The minimum Gasteiger partial charge on any atom is -0.468 e. The Hall–Kier alpha value is -3.00. The van der Waals surface area contributed by atoms with E-state index in [4.69, 9.17) is 4.42 Å². The molecule has 0 bridgehead atoms. The number of aromatic nitrogens is 4. The molecule has 0 aliphatic carbocycles. The minimum absolute atomic E-state index is 0.0173. The van der Waals surface area contributed by atoms with Crippen LogP contribution in [0.15, 0.2) is 47.3 Å². The Morgan fingerprint density at radius 3 is 3.04 bits per heavy atom. The van der Waals surface area contributed by atoms with Crippen LogP contribution >= 0.6 is 0 Å². The van der Waals surface area contributed by atoms with Crippen LogP contribution in [0.1, 0.15) is 24.4 Å². The van der Waals surface area contributed by atoms with Crippen molar-refractivity contribution in [1.82, 2.24) is 30.4 Å². The van der Waals surface area contributed by atoms with Gasteiger partial charge in [0.1, 0.15) is 11.6 Å². The number of amides is 1. The number of piperidine rings is 1.